The third kappa shape index (κ3) is 1.61. The van der Waals surface area contributed by atoms with Gasteiger partial charge >= 0.3 is 0 Å². The van der Waals surface area contributed by atoms with Gasteiger partial charge in [0.05, 0.1) is 47.0 Å². The summed E-state index contributed by atoms with van der Waals surface area (Å²) in [7, 11) is 0. The molecule has 0 radical (unpaired) electrons. The summed E-state index contributed by atoms with van der Waals surface area (Å²) in [4.78, 5) is 0. The van der Waals surface area contributed by atoms with Gasteiger partial charge in [0, 0.05) is 11.3 Å². The highest BCUT2D eigenvalue weighted by Gasteiger charge is 2.88. The topological polar surface area (TPSA) is 154 Å². The van der Waals surface area contributed by atoms with Crippen LogP contribution in [0.1, 0.15) is 47.0 Å². The molecule has 0 aromatic heterocycles. The van der Waals surface area contributed by atoms with E-state index < -0.39 is 75.6 Å². The Morgan fingerprint density at radius 1 is 0.857 bits per heavy atom. The van der Waals surface area contributed by atoms with Gasteiger partial charge in [0.15, 0.2) is 0 Å². The summed E-state index contributed by atoms with van der Waals surface area (Å²) < 4.78 is 5.71. The summed E-state index contributed by atoms with van der Waals surface area (Å²) in [6.45, 7) is 6.36. The van der Waals surface area contributed by atoms with Crippen LogP contribution in [-0.4, -0.2) is 88.7 Å². The number of hydrogen-bond acceptors (Lipinski definition) is 8. The number of ether oxygens (including phenoxy) is 1. The van der Waals surface area contributed by atoms with Gasteiger partial charge in [0.2, 0.25) is 0 Å². The second-order valence-corrected chi connectivity index (χ2v) is 11.1. The molecule has 7 N–H and O–H groups in total. The van der Waals surface area contributed by atoms with Gasteiger partial charge in [-0.1, -0.05) is 13.8 Å². The summed E-state index contributed by atoms with van der Waals surface area (Å²) in [6, 6.07) is 0. The first-order valence-electron chi connectivity index (χ1n) is 10.2. The molecule has 5 fully saturated rings. The van der Waals surface area contributed by atoms with Crippen LogP contribution in [0.2, 0.25) is 0 Å². The molecule has 28 heavy (non-hydrogen) atoms. The summed E-state index contributed by atoms with van der Waals surface area (Å²) in [5, 5.41) is 80.4. The maximum absolute atomic E-state index is 12.0. The second-order valence-electron chi connectivity index (χ2n) is 11.1. The van der Waals surface area contributed by atoms with Crippen molar-refractivity contribution in [1.82, 2.24) is 0 Å². The molecule has 5 aliphatic rings. The quantitative estimate of drug-likeness (QED) is 0.237. The van der Waals surface area contributed by atoms with E-state index in [1.165, 1.54) is 6.92 Å². The zero-order valence-corrected chi connectivity index (χ0v) is 16.7. The molecule has 160 valence electrons. The van der Waals surface area contributed by atoms with E-state index in [2.05, 4.69) is 0 Å². The number of fused-ring (bicyclic) bond motifs is 4. The van der Waals surface area contributed by atoms with Gasteiger partial charge in [-0.25, -0.2) is 0 Å². The number of hydrogen-bond donors (Lipinski definition) is 7. The van der Waals surface area contributed by atoms with Gasteiger partial charge < -0.3 is 40.5 Å². The fourth-order valence-electron chi connectivity index (χ4n) is 8.16. The van der Waals surface area contributed by atoms with Crippen LogP contribution < -0.4 is 0 Å². The van der Waals surface area contributed by atoms with Crippen LogP contribution in [-0.2, 0) is 4.74 Å². The monoisotopic (exact) mass is 400 g/mol. The zero-order chi connectivity index (χ0) is 20.9. The van der Waals surface area contributed by atoms with Crippen LogP contribution in [0.25, 0.3) is 0 Å². The third-order valence-corrected chi connectivity index (χ3v) is 9.74. The SMILES string of the molecule is CC1(C)[C@H]2O[C@H]2[C@@H]2[C@]1(O)[C@H](O)[C@@H](O)C13C[C@@](C)(O)[C@@H](CC[C@@]1(O)[C@@]2(C)O)[C@@H]3O. The summed E-state index contributed by atoms with van der Waals surface area (Å²) >= 11 is 0. The van der Waals surface area contributed by atoms with Crippen molar-refractivity contribution in [2.24, 2.45) is 22.7 Å². The highest BCUT2D eigenvalue weighted by molar-refractivity contribution is 5.37. The van der Waals surface area contributed by atoms with Gasteiger partial charge in [0.1, 0.15) is 17.3 Å². The molecule has 5 rings (SSSR count). The van der Waals surface area contributed by atoms with Gasteiger partial charge in [-0.2, -0.15) is 0 Å². The van der Waals surface area contributed by atoms with Gasteiger partial charge in [-0.15, -0.1) is 0 Å². The lowest BCUT2D eigenvalue weighted by atomic mass is 9.53. The first kappa shape index (κ1) is 19.6. The Labute approximate surface area is 163 Å². The normalized spacial score (nSPS) is 69.3. The molecule has 1 spiro atoms. The number of rotatable bonds is 0. The van der Waals surface area contributed by atoms with E-state index in [1.54, 1.807) is 20.8 Å². The molecular weight excluding hydrogens is 368 g/mol. The Morgan fingerprint density at radius 3 is 2.07 bits per heavy atom. The van der Waals surface area contributed by atoms with Crippen LogP contribution in [0.4, 0.5) is 0 Å². The first-order chi connectivity index (χ1) is 12.6. The predicted molar refractivity (Wildman–Crippen MR) is 94.9 cm³/mol. The lowest BCUT2D eigenvalue weighted by Crippen LogP contribution is -2.72. The molecule has 1 unspecified atom stereocenters. The first-order valence-corrected chi connectivity index (χ1v) is 10.2. The van der Waals surface area contributed by atoms with E-state index in [0.29, 0.717) is 0 Å². The van der Waals surface area contributed by atoms with Crippen molar-refractivity contribution < 1.29 is 40.5 Å². The molecule has 8 heteroatoms. The van der Waals surface area contributed by atoms with E-state index in [4.69, 9.17) is 4.74 Å². The Bertz CT molecular complexity index is 736. The van der Waals surface area contributed by atoms with Crippen molar-refractivity contribution in [3.63, 3.8) is 0 Å². The van der Waals surface area contributed by atoms with Crippen molar-refractivity contribution in [2.45, 2.75) is 99.9 Å². The molecule has 0 aromatic carbocycles. The molecule has 4 aliphatic carbocycles. The minimum absolute atomic E-state index is 0.0199. The Morgan fingerprint density at radius 2 is 1.46 bits per heavy atom. The van der Waals surface area contributed by atoms with Crippen molar-refractivity contribution in [1.29, 1.82) is 0 Å². The molecular formula is C20H32O8. The smallest absolute Gasteiger partial charge is 0.110 e. The summed E-state index contributed by atoms with van der Waals surface area (Å²) in [6.07, 6.45) is -5.77. The summed E-state index contributed by atoms with van der Waals surface area (Å²) in [5.74, 6) is -1.68. The summed E-state index contributed by atoms with van der Waals surface area (Å²) in [5.41, 5.74) is -10.2. The minimum atomic E-state index is -2.04. The Kier molecular flexibility index (Phi) is 3.35. The average Bonchev–Trinajstić information content (AvgIpc) is 3.30. The number of aliphatic hydroxyl groups excluding tert-OH is 3. The zero-order valence-electron chi connectivity index (χ0n) is 16.7. The van der Waals surface area contributed by atoms with E-state index in [0.717, 1.165) is 0 Å². The molecule has 1 heterocycles. The maximum Gasteiger partial charge on any atom is 0.110 e. The Hall–Kier alpha value is -0.320. The molecule has 1 aliphatic heterocycles. The van der Waals surface area contributed by atoms with E-state index >= 15 is 0 Å². The molecule has 12 atom stereocenters. The highest BCUT2D eigenvalue weighted by atomic mass is 16.6. The van der Waals surface area contributed by atoms with Crippen LogP contribution in [0.3, 0.4) is 0 Å². The van der Waals surface area contributed by atoms with Crippen molar-refractivity contribution >= 4 is 0 Å². The maximum atomic E-state index is 12.0. The second kappa shape index (κ2) is 4.78. The van der Waals surface area contributed by atoms with Crippen LogP contribution in [0.5, 0.6) is 0 Å². The highest BCUT2D eigenvalue weighted by Crippen LogP contribution is 2.73. The standard InChI is InChI=1S/C20H32O8/c1-15(2)14-9(28-14)10-17(4,25)19(26)6-5-8-11(21)18(19,7-16(8,3)24)12(22)13(23)20(10,15)27/h8-14,21-27H,5-7H2,1-4H3/t8-,9-,10-,11-,12+,13+,14-,16+,17-,18?,19+,20-/m0/s1. The molecule has 1 saturated heterocycles. The van der Waals surface area contributed by atoms with Crippen LogP contribution >= 0.6 is 0 Å². The fraction of sp³-hybridized carbons (Fsp3) is 1.00. The molecule has 0 amide bonds. The fourth-order valence-corrected chi connectivity index (χ4v) is 8.16. The lowest BCUT2D eigenvalue weighted by Gasteiger charge is -2.58. The predicted octanol–water partition coefficient (Wildman–Crippen LogP) is -1.73. The van der Waals surface area contributed by atoms with E-state index in [-0.39, 0.29) is 19.3 Å². The molecule has 0 aromatic rings. The van der Waals surface area contributed by atoms with Gasteiger partial charge in [0.25, 0.3) is 0 Å². The lowest BCUT2D eigenvalue weighted by molar-refractivity contribution is -0.287. The van der Waals surface area contributed by atoms with Crippen molar-refractivity contribution in [3.05, 3.63) is 0 Å². The molecule has 4 saturated carbocycles. The van der Waals surface area contributed by atoms with Crippen molar-refractivity contribution in [3.8, 4) is 0 Å². The van der Waals surface area contributed by atoms with Gasteiger partial charge in [-0.3, -0.25) is 0 Å². The largest absolute Gasteiger partial charge is 0.392 e. The number of epoxide rings is 1. The minimum Gasteiger partial charge on any atom is -0.392 e. The van der Waals surface area contributed by atoms with E-state index in [1.807, 2.05) is 0 Å². The van der Waals surface area contributed by atoms with Crippen molar-refractivity contribution in [2.75, 3.05) is 0 Å². The number of aliphatic hydroxyl groups is 7. The Balaban J connectivity index is 1.79. The molecule has 8 nitrogen and oxygen atoms in total. The van der Waals surface area contributed by atoms with Crippen LogP contribution in [0.15, 0.2) is 0 Å². The molecule has 2 bridgehead atoms. The van der Waals surface area contributed by atoms with E-state index in [9.17, 15) is 35.7 Å². The third-order valence-electron chi connectivity index (χ3n) is 9.74. The average molecular weight is 400 g/mol. The van der Waals surface area contributed by atoms with Gasteiger partial charge in [-0.05, 0) is 33.1 Å². The van der Waals surface area contributed by atoms with Crippen LogP contribution in [0, 0.1) is 22.7 Å².